The molecule has 0 radical (unpaired) electrons. The Morgan fingerprint density at radius 1 is 0.824 bits per heavy atom. The molecule has 0 saturated carbocycles. The summed E-state index contributed by atoms with van der Waals surface area (Å²) in [5.41, 5.74) is 5.29. The quantitative estimate of drug-likeness (QED) is 0.197. The average molecular weight is 470 g/mol. The lowest BCUT2D eigenvalue weighted by Crippen LogP contribution is -2.02. The lowest BCUT2D eigenvalue weighted by atomic mass is 10.0. The first kappa shape index (κ1) is 23.5. The molecule has 7 heteroatoms. The van der Waals surface area contributed by atoms with E-state index in [0.717, 1.165) is 28.6 Å². The number of hydrogen-bond donors (Lipinski definition) is 2. The van der Waals surface area contributed by atoms with Crippen LogP contribution in [0.2, 0.25) is 0 Å². The van der Waals surface area contributed by atoms with Crippen LogP contribution < -0.4 is 11.7 Å². The second-order valence-electron chi connectivity index (χ2n) is 7.49. The molecule has 5 aromatic rings. The van der Waals surface area contributed by atoms with Crippen LogP contribution in [-0.4, -0.2) is 21.2 Å². The molecule has 0 aliphatic carbocycles. The molecule has 0 saturated heterocycles. The number of nitrogens with zero attached hydrogens (tertiary/aromatic N) is 3. The fourth-order valence-corrected chi connectivity index (χ4v) is 4.17. The van der Waals surface area contributed by atoms with Gasteiger partial charge in [0.15, 0.2) is 5.82 Å². The highest BCUT2D eigenvalue weighted by Gasteiger charge is 2.14. The molecule has 2 aromatic heterocycles. The van der Waals surface area contributed by atoms with Gasteiger partial charge in [-0.2, -0.15) is 0 Å². The predicted octanol–water partition coefficient (Wildman–Crippen LogP) is 5.63. The summed E-state index contributed by atoms with van der Waals surface area (Å²) in [7, 11) is 0. The fraction of sp³-hybridized carbons (Fsp3) is 0.0741. The molecule has 34 heavy (non-hydrogen) atoms. The molecular weight excluding hydrogens is 445 g/mol. The molecule has 5 rings (SSSR count). The Kier molecular flexibility index (Phi) is 7.59. The molecule has 0 aliphatic rings. The van der Waals surface area contributed by atoms with Crippen LogP contribution in [0.4, 0.5) is 4.39 Å². The summed E-state index contributed by atoms with van der Waals surface area (Å²) in [6.07, 6.45) is 6.37. The fourth-order valence-electron chi connectivity index (χ4n) is 3.76. The van der Waals surface area contributed by atoms with E-state index in [2.05, 4.69) is 59.3 Å². The summed E-state index contributed by atoms with van der Waals surface area (Å²) >= 11 is 1.74. The van der Waals surface area contributed by atoms with Crippen molar-refractivity contribution in [2.45, 2.75) is 11.3 Å². The first-order valence-corrected chi connectivity index (χ1v) is 11.9. The zero-order valence-electron chi connectivity index (χ0n) is 18.6. The highest BCUT2D eigenvalue weighted by Crippen LogP contribution is 2.31. The molecule has 0 bridgehead atoms. The minimum absolute atomic E-state index is 0.335. The topological polar surface area (TPSA) is 90.7 Å². The number of nitrogens with two attached hydrogens (primary N) is 2. The molecule has 5 nitrogen and oxygen atoms in total. The number of hydrazine groups is 1. The van der Waals surface area contributed by atoms with Crippen molar-refractivity contribution in [1.29, 1.82) is 0 Å². The van der Waals surface area contributed by atoms with Gasteiger partial charge in [0, 0.05) is 28.2 Å². The van der Waals surface area contributed by atoms with E-state index in [-0.39, 0.29) is 5.82 Å². The van der Waals surface area contributed by atoms with Crippen LogP contribution in [0.25, 0.3) is 33.5 Å². The van der Waals surface area contributed by atoms with Gasteiger partial charge in [-0.25, -0.2) is 14.4 Å². The molecule has 170 valence electrons. The maximum atomic E-state index is 14.5. The third-order valence-corrected chi connectivity index (χ3v) is 6.14. The first-order valence-electron chi connectivity index (χ1n) is 10.6. The number of hydrogen-bond acceptors (Lipinski definition) is 6. The summed E-state index contributed by atoms with van der Waals surface area (Å²) in [5.74, 6) is 8.04. The number of rotatable bonds is 5. The summed E-state index contributed by atoms with van der Waals surface area (Å²) < 4.78 is 14.5. The Morgan fingerprint density at radius 3 is 2.24 bits per heavy atom. The van der Waals surface area contributed by atoms with Gasteiger partial charge in [0.05, 0.1) is 16.8 Å². The van der Waals surface area contributed by atoms with Crippen LogP contribution in [-0.2, 0) is 6.42 Å². The van der Waals surface area contributed by atoms with Crippen LogP contribution in [0.5, 0.6) is 0 Å². The van der Waals surface area contributed by atoms with Gasteiger partial charge in [-0.05, 0) is 72.3 Å². The SMILES string of the molecule is CSc1ccc(Cc2ccc3nc(-c4ccccc4F)nc(-c4ccncc4)c3c2)cc1.NN. The van der Waals surface area contributed by atoms with E-state index in [1.807, 2.05) is 18.2 Å². The Labute approximate surface area is 202 Å². The molecule has 0 spiro atoms. The molecule has 4 N–H and O–H groups in total. The normalized spacial score (nSPS) is 10.6. The van der Waals surface area contributed by atoms with Gasteiger partial charge in [0.1, 0.15) is 5.82 Å². The van der Waals surface area contributed by atoms with Crippen LogP contribution in [0.15, 0.2) is 96.2 Å². The molecule has 0 amide bonds. The molecule has 3 aromatic carbocycles. The van der Waals surface area contributed by atoms with E-state index in [1.165, 1.54) is 22.1 Å². The maximum Gasteiger partial charge on any atom is 0.163 e. The van der Waals surface area contributed by atoms with E-state index in [1.54, 1.807) is 42.4 Å². The van der Waals surface area contributed by atoms with Gasteiger partial charge < -0.3 is 0 Å². The first-order chi connectivity index (χ1) is 16.7. The number of aromatic nitrogens is 3. The summed E-state index contributed by atoms with van der Waals surface area (Å²) in [4.78, 5) is 14.9. The minimum Gasteiger partial charge on any atom is -0.274 e. The molecule has 0 fully saturated rings. The van der Waals surface area contributed by atoms with Crippen molar-refractivity contribution < 1.29 is 4.39 Å². The Morgan fingerprint density at radius 2 is 1.53 bits per heavy atom. The van der Waals surface area contributed by atoms with Gasteiger partial charge >= 0.3 is 0 Å². The van der Waals surface area contributed by atoms with Crippen molar-refractivity contribution in [2.24, 2.45) is 11.7 Å². The van der Waals surface area contributed by atoms with E-state index < -0.39 is 0 Å². The monoisotopic (exact) mass is 469 g/mol. The van der Waals surface area contributed by atoms with E-state index >= 15 is 0 Å². The number of benzene rings is 3. The summed E-state index contributed by atoms with van der Waals surface area (Å²) in [6, 6.07) is 25.3. The largest absolute Gasteiger partial charge is 0.274 e. The minimum atomic E-state index is -0.335. The van der Waals surface area contributed by atoms with Crippen LogP contribution >= 0.6 is 11.8 Å². The van der Waals surface area contributed by atoms with Gasteiger partial charge in [0.2, 0.25) is 0 Å². The number of halogens is 1. The van der Waals surface area contributed by atoms with Crippen molar-refractivity contribution in [3.8, 4) is 22.6 Å². The van der Waals surface area contributed by atoms with Gasteiger partial charge in [-0.15, -0.1) is 11.8 Å². The molecule has 0 aliphatic heterocycles. The smallest absolute Gasteiger partial charge is 0.163 e. The Balaban J connectivity index is 0.00000133. The van der Waals surface area contributed by atoms with Gasteiger partial charge in [0.25, 0.3) is 0 Å². The maximum absolute atomic E-state index is 14.5. The predicted molar refractivity (Wildman–Crippen MR) is 138 cm³/mol. The second-order valence-corrected chi connectivity index (χ2v) is 8.37. The van der Waals surface area contributed by atoms with Crippen LogP contribution in [0.3, 0.4) is 0 Å². The van der Waals surface area contributed by atoms with Crippen molar-refractivity contribution in [1.82, 2.24) is 15.0 Å². The Hall–Kier alpha value is -3.65. The van der Waals surface area contributed by atoms with Crippen LogP contribution in [0, 0.1) is 5.82 Å². The zero-order chi connectivity index (χ0) is 23.9. The molecule has 0 atom stereocenters. The molecular formula is C27H24FN5S. The highest BCUT2D eigenvalue weighted by atomic mass is 32.2. The number of thioether (sulfide) groups is 1. The summed E-state index contributed by atoms with van der Waals surface area (Å²) in [5, 5.41) is 0.939. The van der Waals surface area contributed by atoms with Crippen molar-refractivity contribution in [2.75, 3.05) is 6.26 Å². The molecule has 0 unspecified atom stereocenters. The lowest BCUT2D eigenvalue weighted by Gasteiger charge is -2.11. The lowest BCUT2D eigenvalue weighted by molar-refractivity contribution is 0.630. The average Bonchev–Trinajstić information content (AvgIpc) is 2.90. The number of pyridine rings is 1. The zero-order valence-corrected chi connectivity index (χ0v) is 19.5. The van der Waals surface area contributed by atoms with E-state index in [4.69, 9.17) is 9.97 Å². The third kappa shape index (κ3) is 5.12. The second kappa shape index (κ2) is 11.0. The third-order valence-electron chi connectivity index (χ3n) is 5.40. The summed E-state index contributed by atoms with van der Waals surface area (Å²) in [6.45, 7) is 0. The van der Waals surface area contributed by atoms with E-state index in [0.29, 0.717) is 11.4 Å². The van der Waals surface area contributed by atoms with Crippen LogP contribution in [0.1, 0.15) is 11.1 Å². The molecule has 2 heterocycles. The van der Waals surface area contributed by atoms with Gasteiger partial charge in [-0.3, -0.25) is 16.7 Å². The number of fused-ring (bicyclic) bond motifs is 1. The Bertz CT molecular complexity index is 1390. The standard InChI is InChI=1S/C27H20FN3S.H4N2/c1-32-21-9-6-18(7-10-21)16-19-8-11-25-23(17-19)26(20-12-14-29-15-13-20)31-27(30-25)22-4-2-3-5-24(22)28;1-2/h2-15,17H,16H2,1H3;1-2H2. The van der Waals surface area contributed by atoms with Crippen molar-refractivity contribution in [3.63, 3.8) is 0 Å². The van der Waals surface area contributed by atoms with Crippen molar-refractivity contribution >= 4 is 22.7 Å². The van der Waals surface area contributed by atoms with Gasteiger partial charge in [-0.1, -0.05) is 30.3 Å². The highest BCUT2D eigenvalue weighted by molar-refractivity contribution is 7.98. The van der Waals surface area contributed by atoms with Crippen molar-refractivity contribution in [3.05, 3.63) is 108 Å². The van der Waals surface area contributed by atoms with E-state index in [9.17, 15) is 4.39 Å².